The molecule has 3 aromatic carbocycles. The Labute approximate surface area is 167 Å². The van der Waals surface area contributed by atoms with Crippen molar-refractivity contribution in [1.29, 1.82) is 0 Å². The van der Waals surface area contributed by atoms with Crippen molar-refractivity contribution in [2.45, 2.75) is 13.0 Å². The van der Waals surface area contributed by atoms with Gasteiger partial charge in [0.2, 0.25) is 0 Å². The number of carboxylic acid groups (broad SMARTS) is 1. The van der Waals surface area contributed by atoms with Crippen molar-refractivity contribution in [2.75, 3.05) is 0 Å². The first-order valence-electron chi connectivity index (χ1n) is 9.25. The largest absolute Gasteiger partial charge is 0.489 e. The lowest BCUT2D eigenvalue weighted by Crippen LogP contribution is -2.18. The highest BCUT2D eigenvalue weighted by molar-refractivity contribution is 6.26. The molecule has 0 saturated carbocycles. The molecular formula is C24H18O5. The third-order valence-corrected chi connectivity index (χ3v) is 5.08. The third kappa shape index (κ3) is 3.67. The van der Waals surface area contributed by atoms with E-state index < -0.39 is 11.9 Å². The van der Waals surface area contributed by atoms with Crippen LogP contribution in [0.25, 0.3) is 0 Å². The smallest absolute Gasteiger partial charge is 0.335 e. The van der Waals surface area contributed by atoms with Crippen LogP contribution >= 0.6 is 0 Å². The van der Waals surface area contributed by atoms with E-state index >= 15 is 0 Å². The van der Waals surface area contributed by atoms with Crippen molar-refractivity contribution in [3.63, 3.8) is 0 Å². The minimum atomic E-state index is -0.977. The average molecular weight is 386 g/mol. The second-order valence-corrected chi connectivity index (χ2v) is 6.93. The Hall–Kier alpha value is -3.73. The predicted molar refractivity (Wildman–Crippen MR) is 106 cm³/mol. The van der Waals surface area contributed by atoms with Gasteiger partial charge in [-0.25, -0.2) is 4.79 Å². The lowest BCUT2D eigenvalue weighted by atomic mass is 9.94. The number of para-hydroxylation sites is 1. The van der Waals surface area contributed by atoms with Crippen molar-refractivity contribution in [3.05, 3.63) is 101 Å². The molecule has 0 heterocycles. The zero-order chi connectivity index (χ0) is 20.4. The molecule has 0 atom stereocenters. The van der Waals surface area contributed by atoms with E-state index in [9.17, 15) is 14.4 Å². The van der Waals surface area contributed by atoms with Gasteiger partial charge < -0.3 is 9.84 Å². The molecule has 5 nitrogen and oxygen atoms in total. The summed E-state index contributed by atoms with van der Waals surface area (Å²) in [5.74, 6) is -1.40. The molecule has 1 aliphatic carbocycles. The Kier molecular flexibility index (Phi) is 4.96. The Morgan fingerprint density at radius 1 is 0.828 bits per heavy atom. The summed E-state index contributed by atoms with van der Waals surface area (Å²) in [6, 6.07) is 20.7. The van der Waals surface area contributed by atoms with Crippen LogP contribution in [-0.4, -0.2) is 22.6 Å². The second-order valence-electron chi connectivity index (χ2n) is 6.93. The van der Waals surface area contributed by atoms with Gasteiger partial charge in [0.15, 0.2) is 11.6 Å². The molecule has 3 aromatic rings. The van der Waals surface area contributed by atoms with Gasteiger partial charge in [-0.05, 0) is 35.7 Å². The monoisotopic (exact) mass is 386 g/mol. The number of fused-ring (bicyclic) bond motifs is 1. The summed E-state index contributed by atoms with van der Waals surface area (Å²) in [5.41, 5.74) is 2.80. The van der Waals surface area contributed by atoms with E-state index in [2.05, 4.69) is 0 Å². The van der Waals surface area contributed by atoms with Gasteiger partial charge in [0.05, 0.1) is 11.5 Å². The number of hydrogen-bond donors (Lipinski definition) is 1. The molecule has 144 valence electrons. The number of carbonyl (C=O) groups excluding carboxylic acids is 2. The van der Waals surface area contributed by atoms with Crippen LogP contribution in [0.2, 0.25) is 0 Å². The summed E-state index contributed by atoms with van der Waals surface area (Å²) >= 11 is 0. The van der Waals surface area contributed by atoms with Gasteiger partial charge in [-0.3, -0.25) is 9.59 Å². The number of Topliss-reactive ketones (excluding diaryl/α,β-unsaturated/α-hetero) is 2. The lowest BCUT2D eigenvalue weighted by molar-refractivity contribution is 0.0695. The molecule has 1 N–H and O–H groups in total. The zero-order valence-corrected chi connectivity index (χ0v) is 15.5. The topological polar surface area (TPSA) is 80.7 Å². The maximum Gasteiger partial charge on any atom is 0.335 e. The van der Waals surface area contributed by atoms with Crippen LogP contribution in [0.5, 0.6) is 5.75 Å². The Morgan fingerprint density at radius 2 is 1.41 bits per heavy atom. The van der Waals surface area contributed by atoms with Gasteiger partial charge in [0.25, 0.3) is 0 Å². The lowest BCUT2D eigenvalue weighted by Gasteiger charge is -2.14. The van der Waals surface area contributed by atoms with Crippen LogP contribution < -0.4 is 4.74 Å². The molecule has 0 amide bonds. The number of rotatable bonds is 6. The molecule has 5 heteroatoms. The highest BCUT2D eigenvalue weighted by atomic mass is 16.5. The van der Waals surface area contributed by atoms with Crippen LogP contribution in [0.4, 0.5) is 0 Å². The second kappa shape index (κ2) is 7.72. The summed E-state index contributed by atoms with van der Waals surface area (Å²) in [6.07, 6.45) is 0.278. The predicted octanol–water partition coefficient (Wildman–Crippen LogP) is 4.20. The minimum Gasteiger partial charge on any atom is -0.489 e. The van der Waals surface area contributed by atoms with Crippen molar-refractivity contribution in [3.8, 4) is 5.75 Å². The molecule has 1 aliphatic rings. The summed E-state index contributed by atoms with van der Waals surface area (Å²) in [5, 5.41) is 8.98. The van der Waals surface area contributed by atoms with E-state index in [1.807, 2.05) is 18.2 Å². The number of aromatic carboxylic acids is 1. The Bertz CT molecular complexity index is 1060. The highest BCUT2D eigenvalue weighted by Gasteiger charge is 2.38. The number of hydrogen-bond acceptors (Lipinski definition) is 4. The number of benzene rings is 3. The first-order valence-corrected chi connectivity index (χ1v) is 9.25. The number of carbonyl (C=O) groups is 3. The molecule has 29 heavy (non-hydrogen) atoms. The first kappa shape index (κ1) is 18.6. The Morgan fingerprint density at radius 3 is 2.03 bits per heavy atom. The average Bonchev–Trinajstić information content (AvgIpc) is 2.98. The zero-order valence-electron chi connectivity index (χ0n) is 15.5. The van der Waals surface area contributed by atoms with E-state index in [1.54, 1.807) is 42.5 Å². The number of ketones is 2. The summed E-state index contributed by atoms with van der Waals surface area (Å²) in [6.45, 7) is 0.254. The van der Waals surface area contributed by atoms with Gasteiger partial charge in [-0.1, -0.05) is 54.6 Å². The number of carboxylic acids is 1. The van der Waals surface area contributed by atoms with Crippen molar-refractivity contribution >= 4 is 17.5 Å². The maximum absolute atomic E-state index is 12.7. The molecule has 0 aliphatic heterocycles. The van der Waals surface area contributed by atoms with Crippen LogP contribution in [-0.2, 0) is 13.0 Å². The van der Waals surface area contributed by atoms with Crippen LogP contribution in [0, 0.1) is 5.92 Å². The quantitative estimate of drug-likeness (QED) is 0.642. The van der Waals surface area contributed by atoms with Gasteiger partial charge in [0.1, 0.15) is 12.4 Å². The van der Waals surface area contributed by atoms with E-state index in [4.69, 9.17) is 9.84 Å². The van der Waals surface area contributed by atoms with E-state index in [-0.39, 0.29) is 30.2 Å². The molecule has 0 radical (unpaired) electrons. The molecule has 0 unspecified atom stereocenters. The van der Waals surface area contributed by atoms with E-state index in [0.29, 0.717) is 16.9 Å². The van der Waals surface area contributed by atoms with Gasteiger partial charge in [0, 0.05) is 11.1 Å². The Balaban J connectivity index is 1.50. The highest BCUT2D eigenvalue weighted by Crippen LogP contribution is 2.31. The molecule has 0 saturated heterocycles. The fraction of sp³-hybridized carbons (Fsp3) is 0.125. The summed E-state index contributed by atoms with van der Waals surface area (Å²) in [7, 11) is 0. The molecular weight excluding hydrogens is 368 g/mol. The third-order valence-electron chi connectivity index (χ3n) is 5.08. The first-order chi connectivity index (χ1) is 14.0. The SMILES string of the molecule is O=C(O)c1ccc(COc2ccccc2CC2C(=O)c3ccccc3C2=O)cc1. The maximum atomic E-state index is 12.7. The van der Waals surface area contributed by atoms with Crippen LogP contribution in [0.3, 0.4) is 0 Å². The molecule has 0 aromatic heterocycles. The van der Waals surface area contributed by atoms with Gasteiger partial charge >= 0.3 is 5.97 Å². The van der Waals surface area contributed by atoms with Crippen molar-refractivity contribution < 1.29 is 24.2 Å². The van der Waals surface area contributed by atoms with E-state index in [1.165, 1.54) is 12.1 Å². The molecule has 0 fully saturated rings. The van der Waals surface area contributed by atoms with Gasteiger partial charge in [-0.15, -0.1) is 0 Å². The standard InChI is InChI=1S/C24H18O5/c25-22-18-6-2-3-7-19(18)23(26)20(22)13-17-5-1-4-8-21(17)29-14-15-9-11-16(12-10-15)24(27)28/h1-12,20H,13-14H2,(H,27,28). The molecule has 0 spiro atoms. The summed E-state index contributed by atoms with van der Waals surface area (Å²) in [4.78, 5) is 36.3. The number of ether oxygens (including phenoxy) is 1. The fourth-order valence-electron chi connectivity index (χ4n) is 3.53. The van der Waals surface area contributed by atoms with Crippen LogP contribution in [0.1, 0.15) is 42.2 Å². The van der Waals surface area contributed by atoms with Crippen molar-refractivity contribution in [2.24, 2.45) is 5.92 Å². The molecule has 0 bridgehead atoms. The molecule has 4 rings (SSSR count). The minimum absolute atomic E-state index is 0.148. The normalized spacial score (nSPS) is 13.4. The summed E-state index contributed by atoms with van der Waals surface area (Å²) < 4.78 is 5.91. The van der Waals surface area contributed by atoms with Crippen LogP contribution in [0.15, 0.2) is 72.8 Å². The van der Waals surface area contributed by atoms with Crippen molar-refractivity contribution in [1.82, 2.24) is 0 Å². The fourth-order valence-corrected chi connectivity index (χ4v) is 3.53. The van der Waals surface area contributed by atoms with Gasteiger partial charge in [-0.2, -0.15) is 0 Å². The van der Waals surface area contributed by atoms with E-state index in [0.717, 1.165) is 11.1 Å².